The average Bonchev–Trinajstić information content (AvgIpc) is 2.91. The second-order valence-corrected chi connectivity index (χ2v) is 4.87. The van der Waals surface area contributed by atoms with Crippen LogP contribution < -0.4 is 5.73 Å². The summed E-state index contributed by atoms with van der Waals surface area (Å²) < 4.78 is 2.02. The summed E-state index contributed by atoms with van der Waals surface area (Å²) in [5.74, 6) is 1.88. The van der Waals surface area contributed by atoms with Crippen LogP contribution in [0, 0.1) is 5.92 Å². The van der Waals surface area contributed by atoms with E-state index in [1.165, 1.54) is 13.0 Å². The predicted molar refractivity (Wildman–Crippen MR) is 67.4 cm³/mol. The Morgan fingerprint density at radius 1 is 1.53 bits per heavy atom. The van der Waals surface area contributed by atoms with Gasteiger partial charge in [0.05, 0.1) is 6.54 Å². The summed E-state index contributed by atoms with van der Waals surface area (Å²) in [5.41, 5.74) is 5.61. The van der Waals surface area contributed by atoms with Crippen molar-refractivity contribution in [1.82, 2.24) is 19.7 Å². The van der Waals surface area contributed by atoms with E-state index in [0.717, 1.165) is 50.8 Å². The largest absolute Gasteiger partial charge is 0.330 e. The molecule has 0 aliphatic carbocycles. The number of nitrogens with two attached hydrogens (primary N) is 1. The van der Waals surface area contributed by atoms with Crippen LogP contribution in [-0.2, 0) is 13.1 Å². The van der Waals surface area contributed by atoms with E-state index in [-0.39, 0.29) is 0 Å². The first kappa shape index (κ1) is 12.5. The molecule has 1 fully saturated rings. The molecule has 5 heteroatoms. The van der Waals surface area contributed by atoms with Crippen LogP contribution in [0.15, 0.2) is 6.33 Å². The van der Waals surface area contributed by atoms with Crippen molar-refractivity contribution in [2.45, 2.75) is 39.3 Å². The number of likely N-dealkylation sites (tertiary alicyclic amines) is 1. The van der Waals surface area contributed by atoms with Crippen molar-refractivity contribution < 1.29 is 0 Å². The zero-order valence-corrected chi connectivity index (χ0v) is 10.7. The lowest BCUT2D eigenvalue weighted by Crippen LogP contribution is -2.23. The van der Waals surface area contributed by atoms with Gasteiger partial charge in [-0.2, -0.15) is 5.10 Å². The monoisotopic (exact) mass is 237 g/mol. The first-order chi connectivity index (χ1) is 8.33. The number of rotatable bonds is 6. The average molecular weight is 237 g/mol. The third-order valence-electron chi connectivity index (χ3n) is 3.44. The van der Waals surface area contributed by atoms with E-state index in [1.54, 1.807) is 6.33 Å². The topological polar surface area (TPSA) is 60.0 Å². The highest BCUT2D eigenvalue weighted by Gasteiger charge is 2.22. The molecule has 1 atom stereocenters. The number of hydrogen-bond acceptors (Lipinski definition) is 4. The van der Waals surface area contributed by atoms with E-state index in [9.17, 15) is 0 Å². The summed E-state index contributed by atoms with van der Waals surface area (Å²) in [6.45, 7) is 7.21. The molecule has 0 radical (unpaired) electrons. The van der Waals surface area contributed by atoms with Gasteiger partial charge in [-0.15, -0.1) is 0 Å². The van der Waals surface area contributed by atoms with Crippen LogP contribution in [0.5, 0.6) is 0 Å². The third-order valence-corrected chi connectivity index (χ3v) is 3.44. The zero-order valence-electron chi connectivity index (χ0n) is 10.7. The minimum atomic E-state index is 0.780. The lowest BCUT2D eigenvalue weighted by molar-refractivity contribution is 0.298. The van der Waals surface area contributed by atoms with Crippen molar-refractivity contribution in [3.05, 3.63) is 12.2 Å². The van der Waals surface area contributed by atoms with Gasteiger partial charge in [0.2, 0.25) is 0 Å². The number of aromatic nitrogens is 3. The highest BCUT2D eigenvalue weighted by atomic mass is 15.3. The third kappa shape index (κ3) is 3.26. The minimum absolute atomic E-state index is 0.780. The van der Waals surface area contributed by atoms with E-state index in [1.807, 2.05) is 4.68 Å². The molecule has 2 heterocycles. The number of nitrogens with zero attached hydrogens (tertiary/aromatic N) is 4. The predicted octanol–water partition coefficient (Wildman–Crippen LogP) is 0.859. The SMILES string of the molecule is CCCn1ncnc1CN1CCC(CCN)C1. The van der Waals surface area contributed by atoms with Gasteiger partial charge in [0.15, 0.2) is 0 Å². The molecule has 0 spiro atoms. The van der Waals surface area contributed by atoms with Crippen LogP contribution in [0.4, 0.5) is 0 Å². The van der Waals surface area contributed by atoms with Gasteiger partial charge in [-0.05, 0) is 38.3 Å². The molecule has 5 nitrogen and oxygen atoms in total. The molecule has 2 N–H and O–H groups in total. The zero-order chi connectivity index (χ0) is 12.1. The lowest BCUT2D eigenvalue weighted by atomic mass is 10.1. The lowest BCUT2D eigenvalue weighted by Gasteiger charge is -2.15. The van der Waals surface area contributed by atoms with Gasteiger partial charge in [0.1, 0.15) is 12.2 Å². The normalized spacial score (nSPS) is 21.2. The molecular formula is C12H23N5. The Labute approximate surface area is 103 Å². The highest BCUT2D eigenvalue weighted by Crippen LogP contribution is 2.20. The van der Waals surface area contributed by atoms with Crippen LogP contribution in [0.2, 0.25) is 0 Å². The maximum absolute atomic E-state index is 5.61. The van der Waals surface area contributed by atoms with Gasteiger partial charge in [-0.25, -0.2) is 9.67 Å². The fraction of sp³-hybridized carbons (Fsp3) is 0.833. The van der Waals surface area contributed by atoms with Crippen LogP contribution in [0.25, 0.3) is 0 Å². The summed E-state index contributed by atoms with van der Waals surface area (Å²) in [4.78, 5) is 6.82. The molecule has 1 aromatic rings. The van der Waals surface area contributed by atoms with E-state index >= 15 is 0 Å². The van der Waals surface area contributed by atoms with E-state index in [4.69, 9.17) is 5.73 Å². The molecule has 17 heavy (non-hydrogen) atoms. The van der Waals surface area contributed by atoms with Crippen LogP contribution in [-0.4, -0.2) is 39.3 Å². The Hall–Kier alpha value is -0.940. The molecule has 2 rings (SSSR count). The molecule has 0 bridgehead atoms. The molecule has 1 saturated heterocycles. The van der Waals surface area contributed by atoms with Gasteiger partial charge in [-0.1, -0.05) is 6.92 Å². The second kappa shape index (κ2) is 6.12. The summed E-state index contributed by atoms with van der Waals surface area (Å²) in [6, 6.07) is 0. The Morgan fingerprint density at radius 2 is 2.41 bits per heavy atom. The van der Waals surface area contributed by atoms with E-state index in [0.29, 0.717) is 0 Å². The minimum Gasteiger partial charge on any atom is -0.330 e. The van der Waals surface area contributed by atoms with Crippen molar-refractivity contribution in [1.29, 1.82) is 0 Å². The Balaban J connectivity index is 1.86. The Kier molecular flexibility index (Phi) is 4.50. The van der Waals surface area contributed by atoms with Gasteiger partial charge in [-0.3, -0.25) is 4.90 Å². The molecule has 1 unspecified atom stereocenters. The standard InChI is InChI=1S/C12H23N5/c1-2-6-17-12(14-10-15-17)9-16-7-4-11(8-16)3-5-13/h10-11H,2-9,13H2,1H3. The first-order valence-electron chi connectivity index (χ1n) is 6.62. The highest BCUT2D eigenvalue weighted by molar-refractivity contribution is 4.87. The quantitative estimate of drug-likeness (QED) is 0.797. The summed E-state index contributed by atoms with van der Waals surface area (Å²) in [7, 11) is 0. The molecule has 0 aromatic carbocycles. The second-order valence-electron chi connectivity index (χ2n) is 4.87. The van der Waals surface area contributed by atoms with Gasteiger partial charge < -0.3 is 5.73 Å². The van der Waals surface area contributed by atoms with E-state index < -0.39 is 0 Å². The van der Waals surface area contributed by atoms with Crippen molar-refractivity contribution in [2.75, 3.05) is 19.6 Å². The molecule has 0 amide bonds. The summed E-state index contributed by atoms with van der Waals surface area (Å²) >= 11 is 0. The summed E-state index contributed by atoms with van der Waals surface area (Å²) in [5, 5.41) is 4.26. The first-order valence-corrected chi connectivity index (χ1v) is 6.62. The van der Waals surface area contributed by atoms with Crippen LogP contribution in [0.3, 0.4) is 0 Å². The van der Waals surface area contributed by atoms with E-state index in [2.05, 4.69) is 21.9 Å². The summed E-state index contributed by atoms with van der Waals surface area (Å²) in [6.07, 6.45) is 5.20. The number of hydrogen-bond donors (Lipinski definition) is 1. The van der Waals surface area contributed by atoms with Crippen LogP contribution >= 0.6 is 0 Å². The Bertz CT molecular complexity index is 335. The Morgan fingerprint density at radius 3 is 3.18 bits per heavy atom. The van der Waals surface area contributed by atoms with Gasteiger partial charge in [0.25, 0.3) is 0 Å². The fourth-order valence-corrected chi connectivity index (χ4v) is 2.54. The number of aryl methyl sites for hydroxylation is 1. The molecule has 1 aliphatic heterocycles. The maximum Gasteiger partial charge on any atom is 0.141 e. The fourth-order valence-electron chi connectivity index (χ4n) is 2.54. The van der Waals surface area contributed by atoms with Gasteiger partial charge >= 0.3 is 0 Å². The smallest absolute Gasteiger partial charge is 0.141 e. The maximum atomic E-state index is 5.61. The molecule has 0 saturated carbocycles. The van der Waals surface area contributed by atoms with Crippen molar-refractivity contribution in [3.63, 3.8) is 0 Å². The van der Waals surface area contributed by atoms with Crippen molar-refractivity contribution in [2.24, 2.45) is 11.7 Å². The molecule has 96 valence electrons. The molecular weight excluding hydrogens is 214 g/mol. The van der Waals surface area contributed by atoms with Crippen molar-refractivity contribution >= 4 is 0 Å². The van der Waals surface area contributed by atoms with Crippen molar-refractivity contribution in [3.8, 4) is 0 Å². The molecule has 1 aliphatic rings. The van der Waals surface area contributed by atoms with Crippen LogP contribution in [0.1, 0.15) is 32.0 Å². The van der Waals surface area contributed by atoms with Gasteiger partial charge in [0, 0.05) is 13.1 Å². The molecule has 1 aromatic heterocycles.